The zero-order valence-corrected chi connectivity index (χ0v) is 16.6. The highest BCUT2D eigenvalue weighted by Gasteiger charge is 2.39. The largest absolute Gasteiger partial charge is 0.504 e. The number of halogens is 1. The van der Waals surface area contributed by atoms with E-state index in [-0.39, 0.29) is 30.3 Å². The van der Waals surface area contributed by atoms with Crippen molar-refractivity contribution in [1.29, 1.82) is 0 Å². The average Bonchev–Trinajstić information content (AvgIpc) is 3.06. The molecule has 0 radical (unpaired) electrons. The lowest BCUT2D eigenvalue weighted by Crippen LogP contribution is -2.49. The second-order valence-corrected chi connectivity index (χ2v) is 7.74. The lowest BCUT2D eigenvalue weighted by atomic mass is 9.98. The Hall–Kier alpha value is -3.17. The molecule has 1 saturated heterocycles. The predicted molar refractivity (Wildman–Crippen MR) is 108 cm³/mol. The SMILES string of the molecule is Cc1cc(-c2nc3cc(NC(=O)CCO)ccc3n2C2(C)COC2)c(F)c(O)c1O. The van der Waals surface area contributed by atoms with Gasteiger partial charge in [-0.25, -0.2) is 9.37 Å². The van der Waals surface area contributed by atoms with Crippen molar-refractivity contribution < 1.29 is 29.2 Å². The summed E-state index contributed by atoms with van der Waals surface area (Å²) in [7, 11) is 0. The third-order valence-corrected chi connectivity index (χ3v) is 5.29. The number of benzene rings is 2. The minimum Gasteiger partial charge on any atom is -0.504 e. The molecule has 1 aliphatic rings. The highest BCUT2D eigenvalue weighted by molar-refractivity contribution is 5.94. The van der Waals surface area contributed by atoms with Crippen LogP contribution >= 0.6 is 0 Å². The molecule has 0 saturated carbocycles. The number of phenolic OH excluding ortho intramolecular Hbond substituents is 2. The molecular formula is C21H22FN3O5. The Labute approximate surface area is 171 Å². The third-order valence-electron chi connectivity index (χ3n) is 5.29. The molecule has 30 heavy (non-hydrogen) atoms. The zero-order valence-electron chi connectivity index (χ0n) is 16.6. The van der Waals surface area contributed by atoms with Crippen molar-refractivity contribution in [1.82, 2.24) is 9.55 Å². The molecule has 0 bridgehead atoms. The number of imidazole rings is 1. The maximum Gasteiger partial charge on any atom is 0.226 e. The van der Waals surface area contributed by atoms with Gasteiger partial charge in [-0.05, 0) is 43.7 Å². The van der Waals surface area contributed by atoms with Gasteiger partial charge in [0.2, 0.25) is 5.91 Å². The number of ether oxygens (including phenoxy) is 1. The van der Waals surface area contributed by atoms with Crippen molar-refractivity contribution in [2.75, 3.05) is 25.1 Å². The second-order valence-electron chi connectivity index (χ2n) is 7.74. The third kappa shape index (κ3) is 3.16. The summed E-state index contributed by atoms with van der Waals surface area (Å²) >= 11 is 0. The Bertz CT molecular complexity index is 1150. The Kier molecular flexibility index (Phi) is 4.87. The fourth-order valence-corrected chi connectivity index (χ4v) is 3.67. The van der Waals surface area contributed by atoms with Crippen LogP contribution in [0.4, 0.5) is 10.1 Å². The molecule has 8 nitrogen and oxygen atoms in total. The number of nitrogens with zero attached hydrogens (tertiary/aromatic N) is 2. The molecule has 4 rings (SSSR count). The highest BCUT2D eigenvalue weighted by atomic mass is 19.1. The Balaban J connectivity index is 1.91. The van der Waals surface area contributed by atoms with E-state index in [1.807, 2.05) is 11.5 Å². The number of aromatic hydroxyl groups is 2. The van der Waals surface area contributed by atoms with Crippen LogP contribution in [0.3, 0.4) is 0 Å². The molecule has 2 heterocycles. The van der Waals surface area contributed by atoms with Gasteiger partial charge in [0.05, 0.1) is 48.4 Å². The number of hydrogen-bond acceptors (Lipinski definition) is 6. The molecule has 9 heteroatoms. The first-order valence-electron chi connectivity index (χ1n) is 9.48. The van der Waals surface area contributed by atoms with Gasteiger partial charge in [0.25, 0.3) is 0 Å². The number of aliphatic hydroxyl groups excluding tert-OH is 1. The number of phenols is 2. The standard InChI is InChI=1S/C21H22FN3O5/c1-11-7-13(17(22)19(29)18(11)28)20-24-14-8-12(23-16(27)5-6-26)3-4-15(14)25(20)21(2)9-30-10-21/h3-4,7-8,26,28-29H,5-6,9-10H2,1-2H3,(H,23,27). The van der Waals surface area contributed by atoms with Crippen molar-refractivity contribution in [3.8, 4) is 22.9 Å². The first-order valence-corrected chi connectivity index (χ1v) is 9.48. The summed E-state index contributed by atoms with van der Waals surface area (Å²) in [6, 6.07) is 6.58. The highest BCUT2D eigenvalue weighted by Crippen LogP contribution is 2.41. The smallest absolute Gasteiger partial charge is 0.226 e. The van der Waals surface area contributed by atoms with Crippen molar-refractivity contribution >= 4 is 22.6 Å². The van der Waals surface area contributed by atoms with E-state index in [1.165, 1.54) is 6.07 Å². The topological polar surface area (TPSA) is 117 Å². The molecule has 1 fully saturated rings. The van der Waals surface area contributed by atoms with Crippen LogP contribution in [0.1, 0.15) is 18.9 Å². The van der Waals surface area contributed by atoms with E-state index in [0.29, 0.717) is 35.5 Å². The van der Waals surface area contributed by atoms with Gasteiger partial charge in [-0.2, -0.15) is 0 Å². The summed E-state index contributed by atoms with van der Waals surface area (Å²) in [5.74, 6) is -2.34. The van der Waals surface area contributed by atoms with Crippen LogP contribution in [0.2, 0.25) is 0 Å². The Morgan fingerprint density at radius 2 is 2.03 bits per heavy atom. The van der Waals surface area contributed by atoms with Crippen molar-refractivity contribution in [2.45, 2.75) is 25.8 Å². The van der Waals surface area contributed by atoms with Crippen LogP contribution in [0, 0.1) is 12.7 Å². The number of aryl methyl sites for hydroxylation is 1. The Morgan fingerprint density at radius 1 is 1.30 bits per heavy atom. The molecule has 1 aliphatic heterocycles. The molecule has 0 aliphatic carbocycles. The number of aliphatic hydroxyl groups is 1. The molecule has 158 valence electrons. The number of carbonyl (C=O) groups is 1. The maximum atomic E-state index is 14.9. The van der Waals surface area contributed by atoms with E-state index < -0.39 is 22.9 Å². The van der Waals surface area contributed by atoms with Crippen LogP contribution < -0.4 is 5.32 Å². The number of rotatable bonds is 5. The number of aromatic nitrogens is 2. The average molecular weight is 415 g/mol. The molecule has 4 N–H and O–H groups in total. The summed E-state index contributed by atoms with van der Waals surface area (Å²) in [5.41, 5.74) is 1.62. The van der Waals surface area contributed by atoms with Crippen molar-refractivity contribution in [3.63, 3.8) is 0 Å². The van der Waals surface area contributed by atoms with Gasteiger partial charge in [0, 0.05) is 5.69 Å². The van der Waals surface area contributed by atoms with Gasteiger partial charge in [0.1, 0.15) is 5.82 Å². The molecule has 1 aromatic heterocycles. The first kappa shape index (κ1) is 20.1. The van der Waals surface area contributed by atoms with Gasteiger partial charge in [-0.3, -0.25) is 4.79 Å². The van der Waals surface area contributed by atoms with Gasteiger partial charge >= 0.3 is 0 Å². The van der Waals surface area contributed by atoms with Crippen LogP contribution in [0.5, 0.6) is 11.5 Å². The molecule has 2 aromatic carbocycles. The molecular weight excluding hydrogens is 393 g/mol. The van der Waals surface area contributed by atoms with E-state index in [2.05, 4.69) is 10.3 Å². The van der Waals surface area contributed by atoms with E-state index in [1.54, 1.807) is 25.1 Å². The van der Waals surface area contributed by atoms with Gasteiger partial charge < -0.3 is 29.9 Å². The normalized spacial score (nSPS) is 15.2. The van der Waals surface area contributed by atoms with Crippen LogP contribution in [-0.2, 0) is 15.1 Å². The summed E-state index contributed by atoms with van der Waals surface area (Å²) in [4.78, 5) is 16.4. The molecule has 0 spiro atoms. The van der Waals surface area contributed by atoms with Crippen molar-refractivity contribution in [3.05, 3.63) is 35.6 Å². The van der Waals surface area contributed by atoms with Gasteiger partial charge in [-0.15, -0.1) is 0 Å². The fraction of sp³-hybridized carbons (Fsp3) is 0.333. The number of fused-ring (bicyclic) bond motifs is 1. The van der Waals surface area contributed by atoms with Gasteiger partial charge in [-0.1, -0.05) is 0 Å². The second kappa shape index (κ2) is 7.26. The molecule has 1 amide bonds. The fourth-order valence-electron chi connectivity index (χ4n) is 3.67. The van der Waals surface area contributed by atoms with Crippen LogP contribution in [0.15, 0.2) is 24.3 Å². The zero-order chi connectivity index (χ0) is 21.6. The van der Waals surface area contributed by atoms with Gasteiger partial charge in [0.15, 0.2) is 17.3 Å². The minimum atomic E-state index is -0.963. The molecule has 0 atom stereocenters. The summed E-state index contributed by atoms with van der Waals surface area (Å²) in [5, 5.41) is 31.5. The van der Waals surface area contributed by atoms with E-state index >= 15 is 0 Å². The van der Waals surface area contributed by atoms with Crippen molar-refractivity contribution in [2.24, 2.45) is 0 Å². The lowest BCUT2D eigenvalue weighted by molar-refractivity contribution is -0.116. The van der Waals surface area contributed by atoms with E-state index in [0.717, 1.165) is 0 Å². The van der Waals surface area contributed by atoms with E-state index in [4.69, 9.17) is 9.84 Å². The van der Waals surface area contributed by atoms with E-state index in [9.17, 15) is 19.4 Å². The number of anilines is 1. The first-order chi connectivity index (χ1) is 14.2. The van der Waals surface area contributed by atoms with Crippen LogP contribution in [-0.4, -0.2) is 50.6 Å². The monoisotopic (exact) mass is 415 g/mol. The molecule has 0 unspecified atom stereocenters. The number of amides is 1. The quantitative estimate of drug-likeness (QED) is 0.476. The van der Waals surface area contributed by atoms with Crippen LogP contribution in [0.25, 0.3) is 22.4 Å². The predicted octanol–water partition coefficient (Wildman–Crippen LogP) is 2.63. The lowest BCUT2D eigenvalue weighted by Gasteiger charge is -2.40. The summed E-state index contributed by atoms with van der Waals surface area (Å²) in [6.45, 7) is 4.08. The minimum absolute atomic E-state index is 0.0234. The number of hydrogen-bond donors (Lipinski definition) is 4. The number of carbonyl (C=O) groups excluding carboxylic acids is 1. The summed E-state index contributed by atoms with van der Waals surface area (Å²) < 4.78 is 22.2. The maximum absolute atomic E-state index is 14.9. The molecule has 3 aromatic rings. The Morgan fingerprint density at radius 3 is 2.67 bits per heavy atom. The summed E-state index contributed by atoms with van der Waals surface area (Å²) in [6.07, 6.45) is -0.0234. The number of nitrogens with one attached hydrogen (secondary N) is 1.